The van der Waals surface area contributed by atoms with Crippen molar-refractivity contribution in [3.05, 3.63) is 75.9 Å². The van der Waals surface area contributed by atoms with Gasteiger partial charge in [-0.2, -0.15) is 0 Å². The van der Waals surface area contributed by atoms with Gasteiger partial charge in [0.1, 0.15) is 5.00 Å². The molecule has 0 bridgehead atoms. The van der Waals surface area contributed by atoms with E-state index in [2.05, 4.69) is 36.4 Å². The van der Waals surface area contributed by atoms with Gasteiger partial charge in [0.05, 0.1) is 29.5 Å². The largest absolute Gasteiger partial charge is 0.465 e. The van der Waals surface area contributed by atoms with E-state index in [1.54, 1.807) is 42.6 Å². The van der Waals surface area contributed by atoms with Crippen LogP contribution in [0.1, 0.15) is 68.7 Å². The molecule has 2 heterocycles. The van der Waals surface area contributed by atoms with Gasteiger partial charge in [-0.1, -0.05) is 32.9 Å². The normalized spacial score (nSPS) is 15.1. The van der Waals surface area contributed by atoms with Crippen LogP contribution in [0.3, 0.4) is 0 Å². The molecule has 0 saturated carbocycles. The van der Waals surface area contributed by atoms with E-state index in [9.17, 15) is 14.4 Å². The van der Waals surface area contributed by atoms with Gasteiger partial charge in [0, 0.05) is 17.3 Å². The monoisotopic (exact) mass is 491 g/mol. The Morgan fingerprint density at radius 1 is 1.06 bits per heavy atom. The number of para-hydroxylation sites is 1. The average molecular weight is 492 g/mol. The molecule has 2 aromatic heterocycles. The third-order valence-electron chi connectivity index (χ3n) is 6.45. The van der Waals surface area contributed by atoms with Crippen molar-refractivity contribution in [2.75, 3.05) is 17.7 Å². The van der Waals surface area contributed by atoms with Gasteiger partial charge < -0.3 is 15.4 Å². The van der Waals surface area contributed by atoms with Crippen LogP contribution >= 0.6 is 11.3 Å². The summed E-state index contributed by atoms with van der Waals surface area (Å²) in [7, 11) is 1.30. The van der Waals surface area contributed by atoms with E-state index >= 15 is 0 Å². The highest BCUT2D eigenvalue weighted by molar-refractivity contribution is 7.17. The molecule has 8 heteroatoms. The third-order valence-corrected chi connectivity index (χ3v) is 7.62. The molecule has 0 saturated heterocycles. The Balaban J connectivity index is 1.71. The zero-order valence-corrected chi connectivity index (χ0v) is 21.1. The maximum Gasteiger partial charge on any atom is 0.339 e. The molecule has 7 nitrogen and oxygen atoms in total. The molecular weight excluding hydrogens is 462 g/mol. The SMILES string of the molecule is COC(=O)c1ccccc1NC(=O)c1c(NC(=O)c2cccnc2)sc2c1CCC(C(C)(C)C)C2. The number of anilines is 2. The van der Waals surface area contributed by atoms with Gasteiger partial charge in [-0.25, -0.2) is 4.79 Å². The van der Waals surface area contributed by atoms with Gasteiger partial charge in [0.25, 0.3) is 11.8 Å². The van der Waals surface area contributed by atoms with Crippen molar-refractivity contribution < 1.29 is 19.1 Å². The number of benzene rings is 1. The number of methoxy groups -OCH3 is 1. The number of rotatable bonds is 5. The van der Waals surface area contributed by atoms with Crippen LogP contribution in [-0.4, -0.2) is 29.9 Å². The summed E-state index contributed by atoms with van der Waals surface area (Å²) in [5, 5.41) is 6.32. The van der Waals surface area contributed by atoms with Gasteiger partial charge in [-0.05, 0) is 60.4 Å². The van der Waals surface area contributed by atoms with Crippen LogP contribution in [0.2, 0.25) is 0 Å². The average Bonchev–Trinajstić information content (AvgIpc) is 3.21. The van der Waals surface area contributed by atoms with E-state index in [0.29, 0.717) is 27.7 Å². The molecule has 3 aromatic rings. The molecule has 0 radical (unpaired) electrons. The molecule has 1 atom stereocenters. The first kappa shape index (κ1) is 24.6. The second kappa shape index (κ2) is 10.00. The number of pyridine rings is 1. The quantitative estimate of drug-likeness (QED) is 0.454. The van der Waals surface area contributed by atoms with Crippen molar-refractivity contribution in [1.29, 1.82) is 0 Å². The molecule has 2 amide bonds. The first-order valence-corrected chi connectivity index (χ1v) is 12.3. The molecule has 35 heavy (non-hydrogen) atoms. The fourth-order valence-electron chi connectivity index (χ4n) is 4.39. The zero-order valence-electron chi connectivity index (χ0n) is 20.3. The van der Waals surface area contributed by atoms with Crippen molar-refractivity contribution in [3.8, 4) is 0 Å². The number of amides is 2. The van der Waals surface area contributed by atoms with E-state index in [1.165, 1.54) is 24.6 Å². The number of nitrogens with one attached hydrogen (secondary N) is 2. The number of carbonyl (C=O) groups excluding carboxylic acids is 3. The Bertz CT molecular complexity index is 1260. The molecule has 4 rings (SSSR count). The van der Waals surface area contributed by atoms with E-state index in [4.69, 9.17) is 4.74 Å². The van der Waals surface area contributed by atoms with Crippen molar-refractivity contribution in [2.45, 2.75) is 40.0 Å². The van der Waals surface area contributed by atoms with Crippen LogP contribution < -0.4 is 10.6 Å². The number of fused-ring (bicyclic) bond motifs is 1. The molecule has 1 unspecified atom stereocenters. The maximum atomic E-state index is 13.6. The van der Waals surface area contributed by atoms with E-state index in [-0.39, 0.29) is 22.8 Å². The predicted molar refractivity (Wildman–Crippen MR) is 137 cm³/mol. The number of hydrogen-bond acceptors (Lipinski definition) is 6. The van der Waals surface area contributed by atoms with E-state index in [1.807, 2.05) is 0 Å². The van der Waals surface area contributed by atoms with Gasteiger partial charge in [-0.15, -0.1) is 11.3 Å². The topological polar surface area (TPSA) is 97.4 Å². The number of esters is 1. The number of ether oxygens (including phenoxy) is 1. The lowest BCUT2D eigenvalue weighted by Gasteiger charge is -2.33. The van der Waals surface area contributed by atoms with Gasteiger partial charge in [0.15, 0.2) is 0 Å². The highest BCUT2D eigenvalue weighted by atomic mass is 32.1. The lowest BCUT2D eigenvalue weighted by Crippen LogP contribution is -2.27. The minimum Gasteiger partial charge on any atom is -0.465 e. The molecular formula is C27H29N3O4S. The number of aromatic nitrogens is 1. The summed E-state index contributed by atoms with van der Waals surface area (Å²) in [6.07, 6.45) is 5.65. The molecule has 182 valence electrons. The first-order valence-electron chi connectivity index (χ1n) is 11.5. The number of carbonyl (C=O) groups is 3. The number of nitrogens with zero attached hydrogens (tertiary/aromatic N) is 1. The van der Waals surface area contributed by atoms with Crippen molar-refractivity contribution >= 4 is 39.8 Å². The number of thiophene rings is 1. The molecule has 0 spiro atoms. The fourth-order valence-corrected chi connectivity index (χ4v) is 5.71. The number of hydrogen-bond donors (Lipinski definition) is 2. The Hall–Kier alpha value is -3.52. The molecule has 2 N–H and O–H groups in total. The van der Waals surface area contributed by atoms with Crippen LogP contribution in [0, 0.1) is 11.3 Å². The fraction of sp³-hybridized carbons (Fsp3) is 0.333. The van der Waals surface area contributed by atoms with Crippen molar-refractivity contribution in [3.63, 3.8) is 0 Å². The Kier molecular flexibility index (Phi) is 7.03. The van der Waals surface area contributed by atoms with Crippen LogP contribution in [0.4, 0.5) is 10.7 Å². The Morgan fingerprint density at radius 2 is 1.83 bits per heavy atom. The lowest BCUT2D eigenvalue weighted by atomic mass is 9.72. The molecule has 1 aliphatic carbocycles. The second-order valence-electron chi connectivity index (χ2n) is 9.70. The predicted octanol–water partition coefficient (Wildman–Crippen LogP) is 5.59. The highest BCUT2D eigenvalue weighted by Gasteiger charge is 2.34. The lowest BCUT2D eigenvalue weighted by molar-refractivity contribution is 0.0601. The van der Waals surface area contributed by atoms with Gasteiger partial charge >= 0.3 is 5.97 Å². The maximum absolute atomic E-state index is 13.6. The molecule has 1 aromatic carbocycles. The second-order valence-corrected chi connectivity index (χ2v) is 10.8. The Morgan fingerprint density at radius 3 is 2.51 bits per heavy atom. The summed E-state index contributed by atoms with van der Waals surface area (Å²) in [6.45, 7) is 6.70. The highest BCUT2D eigenvalue weighted by Crippen LogP contribution is 2.44. The summed E-state index contributed by atoms with van der Waals surface area (Å²) >= 11 is 1.45. The Labute approximate surface area is 208 Å². The molecule has 1 aliphatic rings. The van der Waals surface area contributed by atoms with E-state index < -0.39 is 5.97 Å². The van der Waals surface area contributed by atoms with Crippen LogP contribution in [0.25, 0.3) is 0 Å². The smallest absolute Gasteiger partial charge is 0.339 e. The van der Waals surface area contributed by atoms with Gasteiger partial charge in [0.2, 0.25) is 0 Å². The van der Waals surface area contributed by atoms with Crippen LogP contribution in [0.5, 0.6) is 0 Å². The molecule has 0 aliphatic heterocycles. The minimum atomic E-state index is -0.536. The first-order chi connectivity index (χ1) is 16.7. The van der Waals surface area contributed by atoms with Gasteiger partial charge in [-0.3, -0.25) is 14.6 Å². The van der Waals surface area contributed by atoms with Crippen molar-refractivity contribution in [2.24, 2.45) is 11.3 Å². The molecule has 0 fully saturated rings. The van der Waals surface area contributed by atoms with Crippen LogP contribution in [0.15, 0.2) is 48.8 Å². The summed E-state index contributed by atoms with van der Waals surface area (Å²) in [4.78, 5) is 43.9. The summed E-state index contributed by atoms with van der Waals surface area (Å²) in [6, 6.07) is 10.1. The third kappa shape index (κ3) is 5.27. The van der Waals surface area contributed by atoms with Crippen LogP contribution in [-0.2, 0) is 17.6 Å². The summed E-state index contributed by atoms with van der Waals surface area (Å²) < 4.78 is 4.86. The van der Waals surface area contributed by atoms with Crippen molar-refractivity contribution in [1.82, 2.24) is 4.98 Å². The minimum absolute atomic E-state index is 0.142. The standard InChI is InChI=1S/C27H29N3O4S/c1-27(2,3)17-11-12-19-21(14-17)35-25(30-23(31)16-8-7-13-28-15-16)22(19)24(32)29-20-10-6-5-9-18(20)26(33)34-4/h5-10,13,15,17H,11-12,14H2,1-4H3,(H,29,32)(H,30,31). The summed E-state index contributed by atoms with van der Waals surface area (Å²) in [5.74, 6) is -0.750. The van der Waals surface area contributed by atoms with E-state index in [0.717, 1.165) is 29.7 Å². The zero-order chi connectivity index (χ0) is 25.2. The summed E-state index contributed by atoms with van der Waals surface area (Å²) in [5.41, 5.74) is 2.59.